The quantitative estimate of drug-likeness (QED) is 0.788. The topological polar surface area (TPSA) is 61.9 Å². The molecule has 1 aliphatic carbocycles. The van der Waals surface area contributed by atoms with Crippen LogP contribution in [0, 0.1) is 5.92 Å². The SMILES string of the molecule is CCc1cc(Cl)cc(C2CO2)c1C1=C(O)C2(CCC(C)CC2)NC1=O. The molecule has 1 amide bonds. The summed E-state index contributed by atoms with van der Waals surface area (Å²) in [6, 6.07) is 3.76. The number of hydrogen-bond acceptors (Lipinski definition) is 3. The molecule has 0 aromatic heterocycles. The number of rotatable bonds is 3. The molecule has 1 unspecified atom stereocenters. The van der Waals surface area contributed by atoms with Crippen molar-refractivity contribution in [3.8, 4) is 0 Å². The third kappa shape index (κ3) is 2.76. The number of benzene rings is 1. The fourth-order valence-corrected chi connectivity index (χ4v) is 4.54. The molecule has 25 heavy (non-hydrogen) atoms. The molecule has 0 bridgehead atoms. The summed E-state index contributed by atoms with van der Waals surface area (Å²) < 4.78 is 5.48. The van der Waals surface area contributed by atoms with Crippen molar-refractivity contribution in [3.63, 3.8) is 0 Å². The Bertz CT molecular complexity index is 758. The van der Waals surface area contributed by atoms with E-state index >= 15 is 0 Å². The second-order valence-electron chi connectivity index (χ2n) is 7.65. The first-order valence-electron chi connectivity index (χ1n) is 9.15. The molecule has 2 fully saturated rings. The highest BCUT2D eigenvalue weighted by Gasteiger charge is 2.48. The minimum atomic E-state index is -0.592. The van der Waals surface area contributed by atoms with Gasteiger partial charge in [-0.15, -0.1) is 0 Å². The predicted octanol–water partition coefficient (Wildman–Crippen LogP) is 4.32. The van der Waals surface area contributed by atoms with Crippen molar-refractivity contribution >= 4 is 23.1 Å². The fourth-order valence-electron chi connectivity index (χ4n) is 4.29. The van der Waals surface area contributed by atoms with Crippen LogP contribution in [0.4, 0.5) is 0 Å². The summed E-state index contributed by atoms with van der Waals surface area (Å²) in [7, 11) is 0. The fraction of sp³-hybridized carbons (Fsp3) is 0.550. The normalized spacial score (nSPS) is 31.6. The lowest BCUT2D eigenvalue weighted by molar-refractivity contribution is -0.116. The average molecular weight is 362 g/mol. The molecule has 2 N–H and O–H groups in total. The summed E-state index contributed by atoms with van der Waals surface area (Å²) in [5, 5.41) is 14.9. The number of aryl methyl sites for hydroxylation is 1. The van der Waals surface area contributed by atoms with Gasteiger partial charge in [0.05, 0.1) is 17.7 Å². The number of epoxide rings is 1. The summed E-state index contributed by atoms with van der Waals surface area (Å²) in [6.07, 6.45) is 4.31. The van der Waals surface area contributed by atoms with Crippen LogP contribution in [0.5, 0.6) is 0 Å². The number of carbonyl (C=O) groups is 1. The number of nitrogens with one attached hydrogen (secondary N) is 1. The van der Waals surface area contributed by atoms with E-state index < -0.39 is 5.54 Å². The van der Waals surface area contributed by atoms with Crippen LogP contribution in [-0.2, 0) is 16.0 Å². The highest BCUT2D eigenvalue weighted by molar-refractivity contribution is 6.31. The van der Waals surface area contributed by atoms with Gasteiger partial charge in [0, 0.05) is 5.02 Å². The highest BCUT2D eigenvalue weighted by Crippen LogP contribution is 2.46. The molecular weight excluding hydrogens is 338 g/mol. The van der Waals surface area contributed by atoms with Crippen LogP contribution in [0.15, 0.2) is 17.9 Å². The van der Waals surface area contributed by atoms with Crippen LogP contribution in [0.3, 0.4) is 0 Å². The first kappa shape index (κ1) is 16.9. The molecule has 1 saturated heterocycles. The molecule has 4 rings (SSSR count). The molecule has 134 valence electrons. The third-order valence-corrected chi connectivity index (χ3v) is 6.14. The van der Waals surface area contributed by atoms with E-state index in [9.17, 15) is 9.90 Å². The van der Waals surface area contributed by atoms with E-state index in [-0.39, 0.29) is 17.8 Å². The molecule has 0 radical (unpaired) electrons. The van der Waals surface area contributed by atoms with Crippen molar-refractivity contribution in [2.75, 3.05) is 6.61 Å². The van der Waals surface area contributed by atoms with Gasteiger partial charge in [-0.25, -0.2) is 0 Å². The van der Waals surface area contributed by atoms with E-state index in [4.69, 9.17) is 16.3 Å². The van der Waals surface area contributed by atoms with Crippen LogP contribution in [0.1, 0.15) is 62.3 Å². The summed E-state index contributed by atoms with van der Waals surface area (Å²) >= 11 is 6.28. The minimum Gasteiger partial charge on any atom is -0.509 e. The zero-order valence-electron chi connectivity index (χ0n) is 14.7. The van der Waals surface area contributed by atoms with E-state index in [1.807, 2.05) is 19.1 Å². The van der Waals surface area contributed by atoms with E-state index in [0.717, 1.165) is 48.8 Å². The standard InChI is InChI=1S/C20H24ClNO3/c1-3-12-8-13(21)9-14(15-10-25-15)16(12)17-18(23)20(22-19(17)24)6-4-11(2)5-7-20/h8-9,11,15,23H,3-7,10H2,1-2H3,(H,22,24). The molecule has 1 aromatic carbocycles. The Morgan fingerprint density at radius 1 is 1.36 bits per heavy atom. The Labute approximate surface area is 153 Å². The summed E-state index contributed by atoms with van der Waals surface area (Å²) in [5.41, 5.74) is 2.55. The maximum atomic E-state index is 12.9. The maximum absolute atomic E-state index is 12.9. The van der Waals surface area contributed by atoms with E-state index in [1.54, 1.807) is 0 Å². The van der Waals surface area contributed by atoms with Gasteiger partial charge in [0.2, 0.25) is 0 Å². The number of aliphatic hydroxyl groups excluding tert-OH is 1. The molecular formula is C20H24ClNO3. The predicted molar refractivity (Wildman–Crippen MR) is 97.6 cm³/mol. The molecule has 2 aliphatic heterocycles. The number of amides is 1. The van der Waals surface area contributed by atoms with Gasteiger partial charge in [-0.1, -0.05) is 25.4 Å². The van der Waals surface area contributed by atoms with Gasteiger partial charge in [0.15, 0.2) is 0 Å². The molecule has 3 aliphatic rings. The zero-order valence-corrected chi connectivity index (χ0v) is 15.4. The average Bonchev–Trinajstić information content (AvgIpc) is 3.39. The number of aliphatic hydroxyl groups is 1. The Kier molecular flexibility index (Phi) is 4.08. The number of carbonyl (C=O) groups excluding carboxylic acids is 1. The van der Waals surface area contributed by atoms with Gasteiger partial charge in [-0.05, 0) is 66.8 Å². The molecule has 1 saturated carbocycles. The third-order valence-electron chi connectivity index (χ3n) is 5.92. The Morgan fingerprint density at radius 2 is 2.04 bits per heavy atom. The smallest absolute Gasteiger partial charge is 0.256 e. The van der Waals surface area contributed by atoms with Crippen LogP contribution < -0.4 is 5.32 Å². The van der Waals surface area contributed by atoms with Gasteiger partial charge in [0.1, 0.15) is 11.9 Å². The van der Waals surface area contributed by atoms with Crippen molar-refractivity contribution < 1.29 is 14.6 Å². The number of hydrogen-bond donors (Lipinski definition) is 2. The molecule has 4 nitrogen and oxygen atoms in total. The lowest BCUT2D eigenvalue weighted by Crippen LogP contribution is -2.47. The first-order chi connectivity index (χ1) is 11.9. The molecule has 1 spiro atoms. The van der Waals surface area contributed by atoms with Gasteiger partial charge in [0.25, 0.3) is 5.91 Å². The largest absolute Gasteiger partial charge is 0.509 e. The summed E-state index contributed by atoms with van der Waals surface area (Å²) in [5.74, 6) is 0.672. The highest BCUT2D eigenvalue weighted by atomic mass is 35.5. The van der Waals surface area contributed by atoms with E-state index in [2.05, 4.69) is 12.2 Å². The van der Waals surface area contributed by atoms with Gasteiger partial charge < -0.3 is 15.2 Å². The van der Waals surface area contributed by atoms with Crippen LogP contribution in [0.2, 0.25) is 5.02 Å². The van der Waals surface area contributed by atoms with Crippen LogP contribution >= 0.6 is 11.6 Å². The summed E-state index contributed by atoms with van der Waals surface area (Å²) in [4.78, 5) is 12.9. The molecule has 1 aromatic rings. The van der Waals surface area contributed by atoms with Crippen molar-refractivity contribution in [2.45, 2.75) is 57.6 Å². The Morgan fingerprint density at radius 3 is 2.64 bits per heavy atom. The monoisotopic (exact) mass is 361 g/mol. The van der Waals surface area contributed by atoms with Crippen molar-refractivity contribution in [1.82, 2.24) is 5.32 Å². The van der Waals surface area contributed by atoms with Crippen molar-refractivity contribution in [3.05, 3.63) is 39.6 Å². The zero-order chi connectivity index (χ0) is 17.8. The lowest BCUT2D eigenvalue weighted by Gasteiger charge is -2.36. The van der Waals surface area contributed by atoms with Gasteiger partial charge >= 0.3 is 0 Å². The van der Waals surface area contributed by atoms with E-state index in [1.165, 1.54) is 0 Å². The van der Waals surface area contributed by atoms with Crippen molar-refractivity contribution in [1.29, 1.82) is 0 Å². The Hall–Kier alpha value is -1.52. The van der Waals surface area contributed by atoms with Crippen LogP contribution in [0.25, 0.3) is 5.57 Å². The molecule has 1 atom stereocenters. The number of halogens is 1. The van der Waals surface area contributed by atoms with Gasteiger partial charge in [-0.3, -0.25) is 4.79 Å². The summed E-state index contributed by atoms with van der Waals surface area (Å²) in [6.45, 7) is 4.90. The first-order valence-corrected chi connectivity index (χ1v) is 9.53. The lowest BCUT2D eigenvalue weighted by atomic mass is 9.76. The molecule has 2 heterocycles. The maximum Gasteiger partial charge on any atom is 0.256 e. The second-order valence-corrected chi connectivity index (χ2v) is 8.08. The second kappa shape index (κ2) is 6.03. The van der Waals surface area contributed by atoms with Crippen LogP contribution in [-0.4, -0.2) is 23.2 Å². The van der Waals surface area contributed by atoms with Gasteiger partial charge in [-0.2, -0.15) is 0 Å². The molecule has 5 heteroatoms. The number of ether oxygens (including phenoxy) is 1. The van der Waals surface area contributed by atoms with Crippen molar-refractivity contribution in [2.24, 2.45) is 5.92 Å². The van der Waals surface area contributed by atoms with E-state index in [0.29, 0.717) is 23.1 Å². The minimum absolute atomic E-state index is 0.0324. The Balaban J connectivity index is 1.86.